The molecule has 0 unspecified atom stereocenters. The summed E-state index contributed by atoms with van der Waals surface area (Å²) >= 11 is 0. The van der Waals surface area contributed by atoms with E-state index < -0.39 is 10.4 Å². The Kier molecular flexibility index (Phi) is 15.7. The number of likely N-dealkylation sites (tertiary alicyclic amines) is 1. The first-order valence-corrected chi connectivity index (χ1v) is 12.1. The van der Waals surface area contributed by atoms with Gasteiger partial charge in [-0.2, -0.15) is 0 Å². The highest BCUT2D eigenvalue weighted by molar-refractivity contribution is 7.80. The zero-order chi connectivity index (χ0) is 19.7. The van der Waals surface area contributed by atoms with E-state index in [1.54, 1.807) is 0 Å². The van der Waals surface area contributed by atoms with E-state index in [0.29, 0.717) is 6.42 Å². The van der Waals surface area contributed by atoms with E-state index in [9.17, 15) is 13.0 Å². The first kappa shape index (κ1) is 25.8. The van der Waals surface area contributed by atoms with Crippen LogP contribution < -0.4 is 0 Å². The van der Waals surface area contributed by atoms with Crippen molar-refractivity contribution >= 4 is 10.4 Å². The van der Waals surface area contributed by atoms with Crippen LogP contribution in [0, 0.1) is 0 Å². The summed E-state index contributed by atoms with van der Waals surface area (Å²) in [7, 11) is -2.10. The Labute approximate surface area is 163 Å². The maximum absolute atomic E-state index is 10.1. The topological polar surface area (TPSA) is 66.4 Å². The minimum Gasteiger partial charge on any atom is -0.726 e. The van der Waals surface area contributed by atoms with Crippen LogP contribution in [0.15, 0.2) is 0 Å². The molecule has 0 aromatic heterocycles. The van der Waals surface area contributed by atoms with Crippen molar-refractivity contribution in [2.24, 2.45) is 0 Å². The van der Waals surface area contributed by atoms with E-state index in [0.717, 1.165) is 12.8 Å². The lowest BCUT2D eigenvalue weighted by atomic mass is 10.1. The predicted molar refractivity (Wildman–Crippen MR) is 108 cm³/mol. The SMILES string of the molecule is CCCCCCCCCCCCOS(=O)(=O)[O-].CCC[N+]1(C)CCCC1. The van der Waals surface area contributed by atoms with Crippen molar-refractivity contribution in [3.05, 3.63) is 0 Å². The zero-order valence-corrected chi connectivity index (χ0v) is 18.3. The Hall–Kier alpha value is -0.170. The van der Waals surface area contributed by atoms with Crippen LogP contribution in [0.25, 0.3) is 0 Å². The van der Waals surface area contributed by atoms with Crippen LogP contribution >= 0.6 is 0 Å². The summed E-state index contributed by atoms with van der Waals surface area (Å²) in [6, 6.07) is 0. The van der Waals surface area contributed by atoms with Gasteiger partial charge in [0.05, 0.1) is 33.3 Å². The van der Waals surface area contributed by atoms with Crippen molar-refractivity contribution in [3.8, 4) is 0 Å². The summed E-state index contributed by atoms with van der Waals surface area (Å²) in [6.07, 6.45) is 16.0. The van der Waals surface area contributed by atoms with Crippen LogP contribution in [-0.2, 0) is 14.6 Å². The van der Waals surface area contributed by atoms with Crippen molar-refractivity contribution in [3.63, 3.8) is 0 Å². The third-order valence-corrected chi connectivity index (χ3v) is 5.59. The minimum atomic E-state index is -4.48. The fraction of sp³-hybridized carbons (Fsp3) is 1.00. The van der Waals surface area contributed by atoms with Gasteiger partial charge < -0.3 is 9.04 Å². The predicted octanol–water partition coefficient (Wildman–Crippen LogP) is 5.02. The molecule has 1 aliphatic rings. The molecule has 0 N–H and O–H groups in total. The molecule has 0 radical (unpaired) electrons. The molecule has 1 saturated heterocycles. The number of nitrogens with zero attached hydrogens (tertiary/aromatic N) is 1. The standard InChI is InChI=1S/C12H26O4S.C8H18N/c1-2-3-4-5-6-7-8-9-10-11-12-16-17(13,14)15;1-3-6-9(2)7-4-5-8-9/h2-12H2,1H3,(H,13,14,15);3-8H2,1-2H3/q;+1/p-1. The van der Waals surface area contributed by atoms with Crippen LogP contribution in [0.2, 0.25) is 0 Å². The van der Waals surface area contributed by atoms with E-state index in [4.69, 9.17) is 0 Å². The maximum atomic E-state index is 10.1. The zero-order valence-electron chi connectivity index (χ0n) is 17.5. The van der Waals surface area contributed by atoms with E-state index in [-0.39, 0.29) is 6.61 Å². The van der Waals surface area contributed by atoms with Crippen LogP contribution in [0.5, 0.6) is 0 Å². The second-order valence-corrected chi connectivity index (χ2v) is 8.96. The highest BCUT2D eigenvalue weighted by Gasteiger charge is 2.24. The van der Waals surface area contributed by atoms with Gasteiger partial charge in [-0.3, -0.25) is 4.18 Å². The average Bonchev–Trinajstić information content (AvgIpc) is 2.99. The van der Waals surface area contributed by atoms with Gasteiger partial charge in [0.15, 0.2) is 0 Å². The quantitative estimate of drug-likeness (QED) is 0.180. The van der Waals surface area contributed by atoms with Crippen molar-refractivity contribution in [1.82, 2.24) is 0 Å². The molecule has 1 rings (SSSR count). The molecule has 26 heavy (non-hydrogen) atoms. The molecule has 0 aromatic carbocycles. The monoisotopic (exact) mass is 393 g/mol. The molecule has 158 valence electrons. The Morgan fingerprint density at radius 2 is 1.27 bits per heavy atom. The van der Waals surface area contributed by atoms with Gasteiger partial charge in [0.1, 0.15) is 0 Å². The lowest BCUT2D eigenvalue weighted by Gasteiger charge is -2.28. The van der Waals surface area contributed by atoms with Crippen LogP contribution in [0.3, 0.4) is 0 Å². The molecule has 0 aromatic rings. The summed E-state index contributed by atoms with van der Waals surface area (Å²) < 4.78 is 35.8. The van der Waals surface area contributed by atoms with Crippen molar-refractivity contribution < 1.29 is 21.6 Å². The normalized spacial score (nSPS) is 16.3. The molecule has 0 amide bonds. The largest absolute Gasteiger partial charge is 0.726 e. The smallest absolute Gasteiger partial charge is 0.217 e. The van der Waals surface area contributed by atoms with Crippen molar-refractivity contribution in [2.45, 2.75) is 97.3 Å². The summed E-state index contributed by atoms with van der Waals surface area (Å²) in [4.78, 5) is 0. The molecule has 0 spiro atoms. The fourth-order valence-corrected chi connectivity index (χ4v) is 3.93. The van der Waals surface area contributed by atoms with Gasteiger partial charge in [0, 0.05) is 12.8 Å². The van der Waals surface area contributed by atoms with Gasteiger partial charge in [-0.05, 0) is 12.8 Å². The second kappa shape index (κ2) is 15.8. The number of rotatable bonds is 14. The van der Waals surface area contributed by atoms with Gasteiger partial charge in [-0.15, -0.1) is 0 Å². The van der Waals surface area contributed by atoms with Crippen LogP contribution in [0.1, 0.15) is 97.3 Å². The van der Waals surface area contributed by atoms with Gasteiger partial charge in [-0.25, -0.2) is 8.42 Å². The number of hydrogen-bond acceptors (Lipinski definition) is 4. The molecule has 0 bridgehead atoms. The molecule has 1 aliphatic heterocycles. The van der Waals surface area contributed by atoms with E-state index in [2.05, 4.69) is 25.1 Å². The number of hydrogen-bond donors (Lipinski definition) is 0. The van der Waals surface area contributed by atoms with Crippen LogP contribution in [0.4, 0.5) is 0 Å². The van der Waals surface area contributed by atoms with E-state index in [1.165, 1.54) is 88.3 Å². The maximum Gasteiger partial charge on any atom is 0.217 e. The summed E-state index contributed by atoms with van der Waals surface area (Å²) in [5.41, 5.74) is 0. The number of unbranched alkanes of at least 4 members (excludes halogenated alkanes) is 9. The molecular weight excluding hydrogens is 350 g/mol. The molecule has 1 fully saturated rings. The van der Waals surface area contributed by atoms with Gasteiger partial charge >= 0.3 is 0 Å². The Bertz CT molecular complexity index is 406. The molecule has 5 nitrogen and oxygen atoms in total. The Morgan fingerprint density at radius 3 is 1.69 bits per heavy atom. The number of quaternary nitrogens is 1. The van der Waals surface area contributed by atoms with Gasteiger partial charge in [-0.1, -0.05) is 71.6 Å². The first-order valence-electron chi connectivity index (χ1n) is 10.8. The van der Waals surface area contributed by atoms with Crippen molar-refractivity contribution in [2.75, 3.05) is 33.3 Å². The van der Waals surface area contributed by atoms with Gasteiger partial charge in [0.2, 0.25) is 10.4 Å². The molecule has 0 saturated carbocycles. The first-order chi connectivity index (χ1) is 12.3. The summed E-state index contributed by atoms with van der Waals surface area (Å²) in [6.45, 7) is 8.76. The third kappa shape index (κ3) is 17.3. The fourth-order valence-electron chi connectivity index (χ4n) is 3.61. The molecule has 0 atom stereocenters. The molecule has 1 heterocycles. The Balaban J connectivity index is 0.000000577. The summed E-state index contributed by atoms with van der Waals surface area (Å²) in [5.74, 6) is 0. The molecular formula is C20H43NO4S. The lowest BCUT2D eigenvalue weighted by Crippen LogP contribution is -2.41. The molecule has 0 aliphatic carbocycles. The van der Waals surface area contributed by atoms with Gasteiger partial charge in [0.25, 0.3) is 0 Å². The molecule has 6 heteroatoms. The van der Waals surface area contributed by atoms with Crippen LogP contribution in [-0.4, -0.2) is 50.7 Å². The van der Waals surface area contributed by atoms with E-state index >= 15 is 0 Å². The van der Waals surface area contributed by atoms with E-state index in [1.807, 2.05) is 0 Å². The second-order valence-electron chi connectivity index (χ2n) is 7.91. The Morgan fingerprint density at radius 1 is 0.808 bits per heavy atom. The summed E-state index contributed by atoms with van der Waals surface area (Å²) in [5, 5.41) is 0. The minimum absolute atomic E-state index is 0.0301. The third-order valence-electron chi connectivity index (χ3n) is 5.13. The average molecular weight is 394 g/mol. The highest BCUT2D eigenvalue weighted by atomic mass is 32.3. The van der Waals surface area contributed by atoms with Crippen molar-refractivity contribution in [1.29, 1.82) is 0 Å². The highest BCUT2D eigenvalue weighted by Crippen LogP contribution is 2.16. The lowest BCUT2D eigenvalue weighted by molar-refractivity contribution is -0.897.